The number of hydrogen-bond acceptors (Lipinski definition) is 11. The lowest BCUT2D eigenvalue weighted by Crippen LogP contribution is -2.40. The molecule has 3 aromatic carbocycles. The molecule has 0 bridgehead atoms. The first-order valence-corrected chi connectivity index (χ1v) is 16.8. The molecule has 12 nitrogen and oxygen atoms in total. The number of halogens is 1. The number of methoxy groups -OCH3 is 2. The van der Waals surface area contributed by atoms with Gasteiger partial charge in [0.05, 0.1) is 53.7 Å². The number of nitrogens with zero attached hydrogens (tertiary/aromatic N) is 3. The molecule has 0 aliphatic carbocycles. The molecule has 5 rings (SSSR count). The van der Waals surface area contributed by atoms with Crippen LogP contribution in [0.2, 0.25) is 0 Å². The van der Waals surface area contributed by atoms with Crippen LogP contribution in [-0.4, -0.2) is 42.4 Å². The van der Waals surface area contributed by atoms with Gasteiger partial charge in [0.25, 0.3) is 11.2 Å². The van der Waals surface area contributed by atoms with Crippen LogP contribution in [0.25, 0.3) is 6.08 Å². The molecule has 0 saturated carbocycles. The van der Waals surface area contributed by atoms with Crippen LogP contribution < -0.4 is 33.8 Å². The van der Waals surface area contributed by atoms with Gasteiger partial charge in [-0.05, 0) is 74.7 Å². The molecule has 0 unspecified atom stereocenters. The fourth-order valence-corrected chi connectivity index (χ4v) is 6.78. The van der Waals surface area contributed by atoms with Crippen LogP contribution in [0, 0.1) is 10.1 Å². The summed E-state index contributed by atoms with van der Waals surface area (Å²) < 4.78 is 31.0. The van der Waals surface area contributed by atoms with Gasteiger partial charge < -0.3 is 23.7 Å². The largest absolute Gasteiger partial charge is 0.493 e. The lowest BCUT2D eigenvalue weighted by atomic mass is 9.95. The minimum absolute atomic E-state index is 0.0332. The summed E-state index contributed by atoms with van der Waals surface area (Å²) in [6, 6.07) is 14.1. The van der Waals surface area contributed by atoms with Crippen molar-refractivity contribution in [2.24, 2.45) is 4.99 Å². The van der Waals surface area contributed by atoms with Gasteiger partial charge in [-0.3, -0.25) is 19.5 Å². The van der Waals surface area contributed by atoms with E-state index in [-0.39, 0.29) is 36.1 Å². The quantitative estimate of drug-likeness (QED) is 0.0990. The second kappa shape index (κ2) is 15.1. The Kier molecular flexibility index (Phi) is 10.9. The van der Waals surface area contributed by atoms with Crippen molar-refractivity contribution in [3.63, 3.8) is 0 Å². The van der Waals surface area contributed by atoms with Crippen molar-refractivity contribution in [2.75, 3.05) is 20.8 Å². The number of rotatable bonds is 12. The highest BCUT2D eigenvalue weighted by Gasteiger charge is 2.34. The van der Waals surface area contributed by atoms with Gasteiger partial charge in [-0.15, -0.1) is 0 Å². The molecule has 4 aromatic rings. The molecule has 1 atom stereocenters. The molecule has 1 aromatic heterocycles. The first kappa shape index (κ1) is 35.4. The summed E-state index contributed by atoms with van der Waals surface area (Å²) >= 11 is 4.77. The average Bonchev–Trinajstić information content (AvgIpc) is 3.37. The summed E-state index contributed by atoms with van der Waals surface area (Å²) in [4.78, 5) is 43.3. The maximum absolute atomic E-state index is 14.2. The molecule has 1 aliphatic rings. The number of thiazole rings is 1. The first-order chi connectivity index (χ1) is 23.4. The van der Waals surface area contributed by atoms with E-state index in [2.05, 4.69) is 20.9 Å². The Morgan fingerprint density at radius 2 is 1.82 bits per heavy atom. The third-order valence-corrected chi connectivity index (χ3v) is 9.14. The number of ether oxygens (including phenoxy) is 5. The topological polar surface area (TPSA) is 141 Å². The number of non-ortho nitro benzene ring substituents is 1. The summed E-state index contributed by atoms with van der Waals surface area (Å²) in [6.07, 6.45) is 1.61. The lowest BCUT2D eigenvalue weighted by Gasteiger charge is -2.25. The monoisotopic (exact) mass is 751 g/mol. The van der Waals surface area contributed by atoms with Gasteiger partial charge in [0.15, 0.2) is 27.8 Å². The van der Waals surface area contributed by atoms with E-state index >= 15 is 0 Å². The van der Waals surface area contributed by atoms with Gasteiger partial charge in [0.1, 0.15) is 6.61 Å². The minimum Gasteiger partial charge on any atom is -0.493 e. The molecule has 256 valence electrons. The smallest absolute Gasteiger partial charge is 0.338 e. The van der Waals surface area contributed by atoms with Crippen molar-refractivity contribution in [3.8, 4) is 23.0 Å². The molecular formula is C35H34BrN3O9S. The molecule has 0 saturated heterocycles. The molecule has 2 heterocycles. The highest BCUT2D eigenvalue weighted by molar-refractivity contribution is 9.10. The maximum atomic E-state index is 14.2. The fraction of sp³-hybridized carbons (Fsp3) is 0.286. The first-order valence-electron chi connectivity index (χ1n) is 15.2. The van der Waals surface area contributed by atoms with Crippen LogP contribution in [0.15, 0.2) is 80.1 Å². The van der Waals surface area contributed by atoms with Crippen LogP contribution >= 0.6 is 27.3 Å². The summed E-state index contributed by atoms with van der Waals surface area (Å²) in [5.74, 6) is 1.20. The number of nitro groups is 1. The van der Waals surface area contributed by atoms with E-state index < -0.39 is 16.9 Å². The Hall–Kier alpha value is -4.95. The number of benzene rings is 3. The standard InChI is InChI=1S/C35H34BrN3O9S/c1-7-46-34(41)31-20(4)37-35-38(32(31)22-11-12-26(48-19(2)3)27(14-22)44-5)33(40)30(49-35)16-23-15-28(45-6)29(17-25(23)36)47-18-21-9-8-10-24(13-21)39(42)43/h8-17,19,32H,7,18H2,1-6H3/b30-16-/t32-/m0/s1. The Morgan fingerprint density at radius 1 is 1.08 bits per heavy atom. The van der Waals surface area contributed by atoms with Crippen molar-refractivity contribution >= 4 is 45.0 Å². The Morgan fingerprint density at radius 3 is 2.49 bits per heavy atom. The zero-order chi connectivity index (χ0) is 35.4. The number of esters is 1. The highest BCUT2D eigenvalue weighted by Crippen LogP contribution is 2.37. The van der Waals surface area contributed by atoms with E-state index in [1.54, 1.807) is 62.4 Å². The number of hydrogen-bond donors (Lipinski definition) is 0. The van der Waals surface area contributed by atoms with E-state index in [1.165, 1.54) is 42.3 Å². The predicted molar refractivity (Wildman–Crippen MR) is 187 cm³/mol. The van der Waals surface area contributed by atoms with E-state index in [0.717, 1.165) is 0 Å². The molecule has 0 fully saturated rings. The number of carbonyl (C=O) groups excluding carboxylic acids is 1. The second-order valence-electron chi connectivity index (χ2n) is 11.1. The molecule has 14 heteroatoms. The summed E-state index contributed by atoms with van der Waals surface area (Å²) in [5.41, 5.74) is 2.14. The average molecular weight is 753 g/mol. The van der Waals surface area contributed by atoms with E-state index in [4.69, 9.17) is 23.7 Å². The van der Waals surface area contributed by atoms with Crippen molar-refractivity contribution in [1.29, 1.82) is 0 Å². The fourth-order valence-electron chi connectivity index (χ4n) is 5.31. The van der Waals surface area contributed by atoms with Gasteiger partial charge >= 0.3 is 5.97 Å². The Labute approximate surface area is 294 Å². The zero-order valence-electron chi connectivity index (χ0n) is 27.6. The molecule has 1 aliphatic heterocycles. The van der Waals surface area contributed by atoms with Crippen LogP contribution in [0.1, 0.15) is 50.4 Å². The second-order valence-corrected chi connectivity index (χ2v) is 13.0. The summed E-state index contributed by atoms with van der Waals surface area (Å²) in [7, 11) is 3.02. The van der Waals surface area contributed by atoms with Gasteiger partial charge in [-0.2, -0.15) is 0 Å². The Bertz CT molecular complexity index is 2140. The van der Waals surface area contributed by atoms with Gasteiger partial charge in [0, 0.05) is 16.6 Å². The van der Waals surface area contributed by atoms with E-state index in [0.29, 0.717) is 59.2 Å². The Balaban J connectivity index is 1.58. The molecule has 49 heavy (non-hydrogen) atoms. The number of aromatic nitrogens is 1. The van der Waals surface area contributed by atoms with Crippen LogP contribution in [0.4, 0.5) is 5.69 Å². The predicted octanol–water partition coefficient (Wildman–Crippen LogP) is 5.85. The normalized spacial score (nSPS) is 14.3. The summed E-state index contributed by atoms with van der Waals surface area (Å²) in [6.45, 7) is 7.47. The number of carbonyl (C=O) groups is 1. The highest BCUT2D eigenvalue weighted by atomic mass is 79.9. The lowest BCUT2D eigenvalue weighted by molar-refractivity contribution is -0.384. The summed E-state index contributed by atoms with van der Waals surface area (Å²) in [5, 5.41) is 11.2. The van der Waals surface area contributed by atoms with Crippen LogP contribution in [0.5, 0.6) is 23.0 Å². The van der Waals surface area contributed by atoms with Crippen LogP contribution in [0.3, 0.4) is 0 Å². The zero-order valence-corrected chi connectivity index (χ0v) is 30.0. The van der Waals surface area contributed by atoms with E-state index in [1.807, 2.05) is 13.8 Å². The van der Waals surface area contributed by atoms with Crippen molar-refractivity contribution in [3.05, 3.63) is 117 Å². The van der Waals surface area contributed by atoms with Gasteiger partial charge in [-0.25, -0.2) is 9.79 Å². The van der Waals surface area contributed by atoms with Gasteiger partial charge in [-0.1, -0.05) is 45.5 Å². The maximum Gasteiger partial charge on any atom is 0.338 e. The molecule has 0 N–H and O–H groups in total. The SMILES string of the molecule is CCOC(=O)C1=C(C)N=c2s/c(=C\c3cc(OC)c(OCc4cccc([N+](=O)[O-])c4)cc3Br)c(=O)n2[C@H]1c1ccc(OC(C)C)c(OC)c1. The van der Waals surface area contributed by atoms with Crippen molar-refractivity contribution in [2.45, 2.75) is 46.4 Å². The van der Waals surface area contributed by atoms with Crippen molar-refractivity contribution < 1.29 is 33.4 Å². The van der Waals surface area contributed by atoms with Gasteiger partial charge in [0.2, 0.25) is 0 Å². The number of fused-ring (bicyclic) bond motifs is 1. The molecule has 0 amide bonds. The number of allylic oxidation sites excluding steroid dienone is 1. The van der Waals surface area contributed by atoms with E-state index in [9.17, 15) is 19.7 Å². The minimum atomic E-state index is -0.845. The molecule has 0 radical (unpaired) electrons. The van der Waals surface area contributed by atoms with Crippen molar-refractivity contribution in [1.82, 2.24) is 4.57 Å². The molecular weight excluding hydrogens is 718 g/mol. The third kappa shape index (κ3) is 7.55. The number of nitro benzene ring substituents is 1. The molecule has 0 spiro atoms. The third-order valence-electron chi connectivity index (χ3n) is 7.47. The van der Waals surface area contributed by atoms with Crippen LogP contribution in [-0.2, 0) is 16.1 Å².